The van der Waals surface area contributed by atoms with Crippen LogP contribution in [0, 0.1) is 5.92 Å². The summed E-state index contributed by atoms with van der Waals surface area (Å²) in [6.07, 6.45) is 2.45. The molecule has 1 amide bonds. The summed E-state index contributed by atoms with van der Waals surface area (Å²) in [4.78, 5) is 12.1. The van der Waals surface area contributed by atoms with Gasteiger partial charge in [-0.25, -0.2) is 0 Å². The highest BCUT2D eigenvalue weighted by Gasteiger charge is 2.20. The summed E-state index contributed by atoms with van der Waals surface area (Å²) in [6, 6.07) is 6.59. The van der Waals surface area contributed by atoms with Crippen LogP contribution in [0.3, 0.4) is 0 Å². The Labute approximate surface area is 115 Å². The molecular formula is C13H16F2N2OS. The van der Waals surface area contributed by atoms with Crippen LogP contribution in [0.5, 0.6) is 0 Å². The van der Waals surface area contributed by atoms with Crippen LogP contribution in [0.2, 0.25) is 0 Å². The number of carbonyl (C=O) groups excluding carboxylic acids is 1. The molecule has 1 aliphatic carbocycles. The van der Waals surface area contributed by atoms with Gasteiger partial charge in [0.15, 0.2) is 0 Å². The summed E-state index contributed by atoms with van der Waals surface area (Å²) in [5.74, 6) is -2.00. The number of hydrogen-bond donors (Lipinski definition) is 2. The van der Waals surface area contributed by atoms with Crippen molar-refractivity contribution < 1.29 is 13.6 Å². The monoisotopic (exact) mass is 286 g/mol. The van der Waals surface area contributed by atoms with Crippen molar-refractivity contribution in [3.8, 4) is 0 Å². The fourth-order valence-electron chi connectivity index (χ4n) is 1.67. The van der Waals surface area contributed by atoms with Gasteiger partial charge in [-0.1, -0.05) is 23.9 Å². The number of rotatable bonds is 7. The molecule has 1 aromatic carbocycles. The second kappa shape index (κ2) is 6.86. The molecule has 0 aliphatic heterocycles. The molecule has 104 valence electrons. The SMILES string of the molecule is O=C(CNCC1CC1)Nc1ccccc1SC(F)F. The van der Waals surface area contributed by atoms with Crippen molar-refractivity contribution >= 4 is 23.4 Å². The van der Waals surface area contributed by atoms with Crippen LogP contribution >= 0.6 is 11.8 Å². The molecule has 1 aromatic rings. The number of alkyl halides is 2. The van der Waals surface area contributed by atoms with Gasteiger partial charge in [-0.3, -0.25) is 4.79 Å². The number of nitrogens with one attached hydrogen (secondary N) is 2. The Morgan fingerprint density at radius 1 is 1.37 bits per heavy atom. The Hall–Kier alpha value is -1.14. The molecule has 1 fully saturated rings. The molecule has 19 heavy (non-hydrogen) atoms. The highest BCUT2D eigenvalue weighted by atomic mass is 32.2. The quantitative estimate of drug-likeness (QED) is 0.757. The van der Waals surface area contributed by atoms with Gasteiger partial charge in [0.05, 0.1) is 12.2 Å². The number of amides is 1. The summed E-state index contributed by atoms with van der Waals surface area (Å²) < 4.78 is 24.7. The Morgan fingerprint density at radius 2 is 2.11 bits per heavy atom. The maximum absolute atomic E-state index is 12.4. The molecule has 6 heteroatoms. The van der Waals surface area contributed by atoms with E-state index in [1.54, 1.807) is 24.3 Å². The molecule has 0 aromatic heterocycles. The summed E-state index contributed by atoms with van der Waals surface area (Å²) in [6.45, 7) is 1.06. The second-order valence-electron chi connectivity index (χ2n) is 4.50. The first-order chi connectivity index (χ1) is 9.15. The van der Waals surface area contributed by atoms with Crippen LogP contribution in [-0.2, 0) is 4.79 Å². The minimum atomic E-state index is -2.49. The van der Waals surface area contributed by atoms with Crippen molar-refractivity contribution in [1.82, 2.24) is 5.32 Å². The van der Waals surface area contributed by atoms with Crippen LogP contribution in [-0.4, -0.2) is 24.8 Å². The van der Waals surface area contributed by atoms with E-state index in [1.807, 2.05) is 0 Å². The third-order valence-corrected chi connectivity index (χ3v) is 3.58. The second-order valence-corrected chi connectivity index (χ2v) is 5.53. The first kappa shape index (κ1) is 14.3. The normalized spacial score (nSPS) is 14.7. The van der Waals surface area contributed by atoms with E-state index in [2.05, 4.69) is 10.6 Å². The molecule has 0 bridgehead atoms. The third-order valence-electron chi connectivity index (χ3n) is 2.79. The molecule has 0 saturated heterocycles. The zero-order valence-electron chi connectivity index (χ0n) is 10.4. The Kier molecular flexibility index (Phi) is 5.15. The predicted molar refractivity (Wildman–Crippen MR) is 72.5 cm³/mol. The molecule has 0 atom stereocenters. The number of para-hydroxylation sites is 1. The molecule has 0 unspecified atom stereocenters. The fraction of sp³-hybridized carbons (Fsp3) is 0.462. The van der Waals surface area contributed by atoms with Gasteiger partial charge in [0.2, 0.25) is 5.91 Å². The minimum absolute atomic E-state index is 0.206. The molecule has 0 spiro atoms. The van der Waals surface area contributed by atoms with Crippen molar-refractivity contribution in [1.29, 1.82) is 0 Å². The summed E-state index contributed by atoms with van der Waals surface area (Å²) in [5.41, 5.74) is 0.436. The molecule has 0 radical (unpaired) electrons. The maximum Gasteiger partial charge on any atom is 0.288 e. The number of thioether (sulfide) groups is 1. The molecule has 1 aliphatic rings. The third kappa shape index (κ3) is 5.16. The first-order valence-electron chi connectivity index (χ1n) is 6.19. The minimum Gasteiger partial charge on any atom is -0.324 e. The standard InChI is InChI=1S/C13H16F2N2OS/c14-13(15)19-11-4-2-1-3-10(11)17-12(18)8-16-7-9-5-6-9/h1-4,9,13,16H,5-8H2,(H,17,18). The Morgan fingerprint density at radius 3 is 2.79 bits per heavy atom. The van der Waals surface area contributed by atoms with Gasteiger partial charge in [0, 0.05) is 4.90 Å². The maximum atomic E-state index is 12.4. The van der Waals surface area contributed by atoms with Gasteiger partial charge in [0.25, 0.3) is 5.76 Å². The summed E-state index contributed by atoms with van der Waals surface area (Å²) >= 11 is 0.437. The lowest BCUT2D eigenvalue weighted by Gasteiger charge is -2.10. The topological polar surface area (TPSA) is 41.1 Å². The van der Waals surface area contributed by atoms with Crippen molar-refractivity contribution in [2.24, 2.45) is 5.92 Å². The lowest BCUT2D eigenvalue weighted by atomic mass is 10.3. The van der Waals surface area contributed by atoms with E-state index in [9.17, 15) is 13.6 Å². The van der Waals surface area contributed by atoms with E-state index < -0.39 is 5.76 Å². The van der Waals surface area contributed by atoms with Crippen LogP contribution in [0.4, 0.5) is 14.5 Å². The summed E-state index contributed by atoms with van der Waals surface area (Å²) in [5, 5.41) is 5.72. The van der Waals surface area contributed by atoms with Gasteiger partial charge in [-0.05, 0) is 37.4 Å². The zero-order chi connectivity index (χ0) is 13.7. The Balaban J connectivity index is 1.84. The first-order valence-corrected chi connectivity index (χ1v) is 7.07. The molecule has 0 heterocycles. The van der Waals surface area contributed by atoms with Crippen LogP contribution in [0.15, 0.2) is 29.2 Å². The van der Waals surface area contributed by atoms with Gasteiger partial charge in [-0.2, -0.15) is 8.78 Å². The molecule has 1 saturated carbocycles. The highest BCUT2D eigenvalue weighted by molar-refractivity contribution is 7.99. The van der Waals surface area contributed by atoms with Crippen molar-refractivity contribution in [3.63, 3.8) is 0 Å². The van der Waals surface area contributed by atoms with E-state index >= 15 is 0 Å². The van der Waals surface area contributed by atoms with Gasteiger partial charge in [0.1, 0.15) is 0 Å². The molecular weight excluding hydrogens is 270 g/mol. The average Bonchev–Trinajstić information content (AvgIpc) is 3.15. The van der Waals surface area contributed by atoms with Crippen LogP contribution in [0.25, 0.3) is 0 Å². The fourth-order valence-corrected chi connectivity index (χ4v) is 2.27. The average molecular weight is 286 g/mol. The number of halogens is 2. The van der Waals surface area contributed by atoms with E-state index in [0.29, 0.717) is 28.3 Å². The van der Waals surface area contributed by atoms with E-state index in [1.165, 1.54) is 12.8 Å². The van der Waals surface area contributed by atoms with Crippen molar-refractivity contribution in [2.75, 3.05) is 18.4 Å². The summed E-state index contributed by atoms with van der Waals surface area (Å²) in [7, 11) is 0. The van der Waals surface area contributed by atoms with Gasteiger partial charge >= 0.3 is 0 Å². The van der Waals surface area contributed by atoms with Crippen LogP contribution < -0.4 is 10.6 Å². The lowest BCUT2D eigenvalue weighted by molar-refractivity contribution is -0.115. The molecule has 2 rings (SSSR count). The largest absolute Gasteiger partial charge is 0.324 e. The number of hydrogen-bond acceptors (Lipinski definition) is 3. The van der Waals surface area contributed by atoms with Gasteiger partial charge in [-0.15, -0.1) is 0 Å². The lowest BCUT2D eigenvalue weighted by Crippen LogP contribution is -2.29. The zero-order valence-corrected chi connectivity index (χ0v) is 11.2. The predicted octanol–water partition coefficient (Wildman–Crippen LogP) is 2.94. The van der Waals surface area contributed by atoms with E-state index in [4.69, 9.17) is 0 Å². The molecule has 2 N–H and O–H groups in total. The van der Waals surface area contributed by atoms with Crippen molar-refractivity contribution in [3.05, 3.63) is 24.3 Å². The van der Waals surface area contributed by atoms with Crippen LogP contribution in [0.1, 0.15) is 12.8 Å². The number of carbonyl (C=O) groups is 1. The Bertz CT molecular complexity index is 438. The number of anilines is 1. The van der Waals surface area contributed by atoms with Crippen molar-refractivity contribution in [2.45, 2.75) is 23.5 Å². The molecule has 3 nitrogen and oxygen atoms in total. The van der Waals surface area contributed by atoms with Gasteiger partial charge < -0.3 is 10.6 Å². The number of benzene rings is 1. The van der Waals surface area contributed by atoms with E-state index in [0.717, 1.165) is 6.54 Å². The smallest absolute Gasteiger partial charge is 0.288 e. The van der Waals surface area contributed by atoms with E-state index in [-0.39, 0.29) is 12.5 Å². The highest BCUT2D eigenvalue weighted by Crippen LogP contribution is 2.31.